The lowest BCUT2D eigenvalue weighted by Crippen LogP contribution is -2.48. The SMILES string of the molecule is CC(C)CN1CCO[C@@H](CNC(=O)c2ccccc2CSc2nc3ccccc3s2)C1. The lowest BCUT2D eigenvalue weighted by atomic mass is 10.1. The first-order chi connectivity index (χ1) is 15.1. The van der Waals surface area contributed by atoms with Crippen molar-refractivity contribution in [1.82, 2.24) is 15.2 Å². The van der Waals surface area contributed by atoms with E-state index in [1.807, 2.05) is 42.5 Å². The number of para-hydroxylation sites is 1. The van der Waals surface area contributed by atoms with Gasteiger partial charge in [-0.1, -0.05) is 55.9 Å². The largest absolute Gasteiger partial charge is 0.374 e. The third-order valence-electron chi connectivity index (χ3n) is 5.22. The minimum Gasteiger partial charge on any atom is -0.374 e. The maximum atomic E-state index is 12.9. The summed E-state index contributed by atoms with van der Waals surface area (Å²) in [5.74, 6) is 1.31. The fraction of sp³-hybridized carbons (Fsp3) is 0.417. The lowest BCUT2D eigenvalue weighted by molar-refractivity contribution is -0.0295. The van der Waals surface area contributed by atoms with Crippen molar-refractivity contribution >= 4 is 39.2 Å². The summed E-state index contributed by atoms with van der Waals surface area (Å²) in [5.41, 5.74) is 2.78. The van der Waals surface area contributed by atoms with Crippen LogP contribution in [0.5, 0.6) is 0 Å². The minimum absolute atomic E-state index is 0.0370. The Morgan fingerprint density at radius 2 is 2.06 bits per heavy atom. The van der Waals surface area contributed by atoms with Gasteiger partial charge in [0.15, 0.2) is 4.34 Å². The number of thioether (sulfide) groups is 1. The van der Waals surface area contributed by atoms with E-state index in [0.29, 0.717) is 18.2 Å². The van der Waals surface area contributed by atoms with Crippen LogP contribution in [-0.2, 0) is 10.5 Å². The van der Waals surface area contributed by atoms with Gasteiger partial charge in [0, 0.05) is 37.5 Å². The summed E-state index contributed by atoms with van der Waals surface area (Å²) in [6, 6.07) is 16.0. The molecule has 164 valence electrons. The molecule has 2 aromatic carbocycles. The van der Waals surface area contributed by atoms with Crippen molar-refractivity contribution < 1.29 is 9.53 Å². The monoisotopic (exact) mass is 455 g/mol. The molecular weight excluding hydrogens is 426 g/mol. The molecule has 7 heteroatoms. The molecule has 0 radical (unpaired) electrons. The highest BCUT2D eigenvalue weighted by molar-refractivity contribution is 8.00. The predicted molar refractivity (Wildman–Crippen MR) is 129 cm³/mol. The third-order valence-corrected chi connectivity index (χ3v) is 7.45. The number of rotatable bonds is 8. The van der Waals surface area contributed by atoms with Gasteiger partial charge in [-0.25, -0.2) is 4.98 Å². The summed E-state index contributed by atoms with van der Waals surface area (Å²) in [5, 5.41) is 3.09. The van der Waals surface area contributed by atoms with Crippen molar-refractivity contribution in [2.75, 3.05) is 32.8 Å². The van der Waals surface area contributed by atoms with Crippen molar-refractivity contribution in [3.8, 4) is 0 Å². The van der Waals surface area contributed by atoms with Gasteiger partial charge in [0.25, 0.3) is 5.91 Å². The van der Waals surface area contributed by atoms with Crippen molar-refractivity contribution in [2.45, 2.75) is 30.0 Å². The standard InChI is InChI=1S/C24H29N3O2S2/c1-17(2)14-27-11-12-29-19(15-27)13-25-23(28)20-8-4-3-7-18(20)16-30-24-26-21-9-5-6-10-22(21)31-24/h3-10,17,19H,11-16H2,1-2H3,(H,25,28)/t19-/m0/s1. The van der Waals surface area contributed by atoms with E-state index in [0.717, 1.165) is 47.2 Å². The first kappa shape index (κ1) is 22.3. The highest BCUT2D eigenvalue weighted by Gasteiger charge is 2.22. The van der Waals surface area contributed by atoms with Gasteiger partial charge in [0.1, 0.15) is 0 Å². The van der Waals surface area contributed by atoms with Gasteiger partial charge in [-0.3, -0.25) is 9.69 Å². The second-order valence-corrected chi connectivity index (χ2v) is 10.5. The molecule has 0 aliphatic carbocycles. The zero-order valence-corrected chi connectivity index (χ0v) is 19.7. The first-order valence-corrected chi connectivity index (χ1v) is 12.6. The van der Waals surface area contributed by atoms with Crippen molar-refractivity contribution in [3.63, 3.8) is 0 Å². The molecule has 1 saturated heterocycles. The lowest BCUT2D eigenvalue weighted by Gasteiger charge is -2.34. The summed E-state index contributed by atoms with van der Waals surface area (Å²) in [6.07, 6.45) is 0.0423. The number of aromatic nitrogens is 1. The fourth-order valence-corrected chi connectivity index (χ4v) is 5.88. The maximum Gasteiger partial charge on any atom is 0.251 e. The normalized spacial score (nSPS) is 17.3. The number of nitrogens with zero attached hydrogens (tertiary/aromatic N) is 2. The molecule has 0 saturated carbocycles. The Morgan fingerprint density at radius 3 is 2.90 bits per heavy atom. The van der Waals surface area contributed by atoms with Crippen LogP contribution in [0.4, 0.5) is 0 Å². The van der Waals surface area contributed by atoms with E-state index in [1.54, 1.807) is 23.1 Å². The number of carbonyl (C=O) groups is 1. The van der Waals surface area contributed by atoms with Crippen molar-refractivity contribution in [2.24, 2.45) is 5.92 Å². The summed E-state index contributed by atoms with van der Waals surface area (Å²) in [7, 11) is 0. The number of fused-ring (bicyclic) bond motifs is 1. The summed E-state index contributed by atoms with van der Waals surface area (Å²) in [6.45, 7) is 8.63. The molecule has 1 fully saturated rings. The summed E-state index contributed by atoms with van der Waals surface area (Å²) < 4.78 is 8.09. The van der Waals surface area contributed by atoms with Crippen LogP contribution in [0, 0.1) is 5.92 Å². The molecule has 3 aromatic rings. The molecule has 1 N–H and O–H groups in total. The second kappa shape index (κ2) is 10.6. The van der Waals surface area contributed by atoms with Crippen LogP contribution in [0.15, 0.2) is 52.9 Å². The molecule has 1 amide bonds. The topological polar surface area (TPSA) is 54.5 Å². The molecule has 0 bridgehead atoms. The highest BCUT2D eigenvalue weighted by atomic mass is 32.2. The molecule has 1 aromatic heterocycles. The first-order valence-electron chi connectivity index (χ1n) is 10.8. The zero-order valence-electron chi connectivity index (χ0n) is 18.0. The Balaban J connectivity index is 1.34. The molecule has 0 spiro atoms. The number of benzene rings is 2. The van der Waals surface area contributed by atoms with Crippen molar-refractivity contribution in [3.05, 3.63) is 59.7 Å². The van der Waals surface area contributed by atoms with E-state index in [9.17, 15) is 4.79 Å². The average Bonchev–Trinajstić information content (AvgIpc) is 3.19. The minimum atomic E-state index is -0.0370. The zero-order chi connectivity index (χ0) is 21.6. The number of carbonyl (C=O) groups excluding carboxylic acids is 1. The maximum absolute atomic E-state index is 12.9. The van der Waals surface area contributed by atoms with Gasteiger partial charge in [-0.2, -0.15) is 0 Å². The molecule has 1 aliphatic heterocycles. The van der Waals surface area contributed by atoms with Crippen LogP contribution in [0.1, 0.15) is 29.8 Å². The van der Waals surface area contributed by atoms with E-state index in [1.165, 1.54) is 4.70 Å². The third kappa shape index (κ3) is 6.07. The smallest absolute Gasteiger partial charge is 0.251 e. The molecule has 1 atom stereocenters. The average molecular weight is 456 g/mol. The van der Waals surface area contributed by atoms with E-state index >= 15 is 0 Å². The fourth-order valence-electron chi connectivity index (χ4n) is 3.81. The Bertz CT molecular complexity index is 988. The summed E-state index contributed by atoms with van der Waals surface area (Å²) >= 11 is 3.37. The Kier molecular flexibility index (Phi) is 7.61. The molecule has 5 nitrogen and oxygen atoms in total. The van der Waals surface area contributed by atoms with Crippen molar-refractivity contribution in [1.29, 1.82) is 0 Å². The Morgan fingerprint density at radius 1 is 1.26 bits per heavy atom. The van der Waals surface area contributed by atoms with E-state index in [2.05, 4.69) is 35.1 Å². The van der Waals surface area contributed by atoms with E-state index < -0.39 is 0 Å². The quantitative estimate of drug-likeness (QED) is 0.500. The summed E-state index contributed by atoms with van der Waals surface area (Å²) in [4.78, 5) is 20.0. The van der Waals surface area contributed by atoms with Gasteiger partial charge in [0.2, 0.25) is 0 Å². The number of hydrogen-bond acceptors (Lipinski definition) is 6. The molecule has 1 aliphatic rings. The number of morpholine rings is 1. The Labute approximate surface area is 192 Å². The molecule has 2 heterocycles. The number of amides is 1. The molecule has 0 unspecified atom stereocenters. The molecular formula is C24H29N3O2S2. The highest BCUT2D eigenvalue weighted by Crippen LogP contribution is 2.32. The number of ether oxygens (including phenoxy) is 1. The van der Waals surface area contributed by atoms with Gasteiger partial charge in [-0.15, -0.1) is 11.3 Å². The van der Waals surface area contributed by atoms with Crippen LogP contribution in [0.25, 0.3) is 10.2 Å². The van der Waals surface area contributed by atoms with Crippen LogP contribution >= 0.6 is 23.1 Å². The van der Waals surface area contributed by atoms with Gasteiger partial charge >= 0.3 is 0 Å². The second-order valence-electron chi connectivity index (χ2n) is 8.25. The van der Waals surface area contributed by atoms with Crippen LogP contribution in [0.3, 0.4) is 0 Å². The number of hydrogen-bond donors (Lipinski definition) is 1. The van der Waals surface area contributed by atoms with Crippen LogP contribution < -0.4 is 5.32 Å². The van der Waals surface area contributed by atoms with Gasteiger partial charge in [-0.05, 0) is 29.7 Å². The number of thiazole rings is 1. The van der Waals surface area contributed by atoms with Crippen LogP contribution in [-0.4, -0.2) is 54.7 Å². The van der Waals surface area contributed by atoms with Gasteiger partial charge < -0.3 is 10.1 Å². The Hall–Kier alpha value is -1.93. The van der Waals surface area contributed by atoms with Crippen LogP contribution in [0.2, 0.25) is 0 Å². The predicted octanol–water partition coefficient (Wildman–Crippen LogP) is 4.68. The molecule has 4 rings (SSSR count). The number of nitrogens with one attached hydrogen (secondary N) is 1. The van der Waals surface area contributed by atoms with Gasteiger partial charge in [0.05, 0.1) is 22.9 Å². The van der Waals surface area contributed by atoms with E-state index in [4.69, 9.17) is 4.74 Å². The van der Waals surface area contributed by atoms with E-state index in [-0.39, 0.29) is 12.0 Å². The molecule has 31 heavy (non-hydrogen) atoms.